The Morgan fingerprint density at radius 3 is 2.56 bits per heavy atom. The number of benzene rings is 1. The maximum absolute atomic E-state index is 13.4. The highest BCUT2D eigenvalue weighted by molar-refractivity contribution is 6.31. The average molecular weight is 492 g/mol. The van der Waals surface area contributed by atoms with Gasteiger partial charge in [0.1, 0.15) is 11.4 Å². The molecule has 6 nitrogen and oxygen atoms in total. The predicted octanol–water partition coefficient (Wildman–Crippen LogP) is 5.98. The first-order valence-electron chi connectivity index (χ1n) is 11.6. The van der Waals surface area contributed by atoms with Crippen molar-refractivity contribution >= 4 is 34.1 Å². The molecule has 2 saturated carbocycles. The van der Waals surface area contributed by atoms with Crippen LogP contribution in [0.5, 0.6) is 0 Å². The molecule has 2 atom stereocenters. The molecule has 0 radical (unpaired) electrons. The molecule has 10 heteroatoms. The number of aromatic nitrogens is 3. The molecular weight excluding hydrogens is 467 g/mol. The van der Waals surface area contributed by atoms with Crippen LogP contribution in [-0.4, -0.2) is 32.8 Å². The van der Waals surface area contributed by atoms with Crippen LogP contribution >= 0.6 is 11.6 Å². The minimum atomic E-state index is -4.56. The topological polar surface area (TPSA) is 71.8 Å². The van der Waals surface area contributed by atoms with Crippen molar-refractivity contribution in [3.63, 3.8) is 0 Å². The Balaban J connectivity index is 1.32. The minimum Gasteiger partial charge on any atom is -0.382 e. The Labute approximate surface area is 199 Å². The molecule has 180 valence electrons. The van der Waals surface area contributed by atoms with Crippen LogP contribution in [0, 0.1) is 0 Å². The number of fused-ring (bicyclic) bond motifs is 1. The van der Waals surface area contributed by atoms with Crippen molar-refractivity contribution in [2.75, 3.05) is 5.32 Å². The molecule has 2 aliphatic rings. The lowest BCUT2D eigenvalue weighted by atomic mass is 9.90. The van der Waals surface area contributed by atoms with Crippen LogP contribution in [0.4, 0.5) is 18.9 Å². The Bertz CT molecular complexity index is 1210. The molecule has 0 aliphatic heterocycles. The van der Waals surface area contributed by atoms with Crippen LogP contribution in [0.1, 0.15) is 67.2 Å². The molecule has 3 aromatic rings. The zero-order chi connectivity index (χ0) is 23.9. The van der Waals surface area contributed by atoms with Gasteiger partial charge in [0.25, 0.3) is 5.91 Å². The van der Waals surface area contributed by atoms with E-state index in [2.05, 4.69) is 20.7 Å². The van der Waals surface area contributed by atoms with E-state index in [1.807, 2.05) is 4.68 Å². The first-order chi connectivity index (χ1) is 16.3. The van der Waals surface area contributed by atoms with E-state index < -0.39 is 11.9 Å². The fraction of sp³-hybridized carbons (Fsp3) is 0.458. The van der Waals surface area contributed by atoms with Crippen molar-refractivity contribution in [2.45, 2.75) is 69.2 Å². The van der Waals surface area contributed by atoms with Gasteiger partial charge in [0.15, 0.2) is 0 Å². The lowest BCUT2D eigenvalue weighted by Gasteiger charge is -2.32. The van der Waals surface area contributed by atoms with Gasteiger partial charge in [0, 0.05) is 34.4 Å². The van der Waals surface area contributed by atoms with E-state index in [-0.39, 0.29) is 29.5 Å². The highest BCUT2D eigenvalue weighted by atomic mass is 35.5. The number of alkyl halides is 3. The number of nitrogens with zero attached hydrogens (tertiary/aromatic N) is 3. The zero-order valence-electron chi connectivity index (χ0n) is 18.4. The van der Waals surface area contributed by atoms with E-state index in [0.717, 1.165) is 44.6 Å². The average Bonchev–Trinajstić information content (AvgIpc) is 3.21. The summed E-state index contributed by atoms with van der Waals surface area (Å²) < 4.78 is 42.1. The maximum Gasteiger partial charge on any atom is 0.433 e. The molecule has 0 spiro atoms. The molecule has 2 N–H and O–H groups in total. The second-order valence-electron chi connectivity index (χ2n) is 9.14. The summed E-state index contributed by atoms with van der Waals surface area (Å²) in [6.07, 6.45) is 3.35. The van der Waals surface area contributed by atoms with Crippen molar-refractivity contribution in [3.8, 4) is 0 Å². The van der Waals surface area contributed by atoms with Gasteiger partial charge < -0.3 is 10.6 Å². The van der Waals surface area contributed by atoms with E-state index >= 15 is 0 Å². The van der Waals surface area contributed by atoms with Gasteiger partial charge in [-0.1, -0.05) is 11.6 Å². The highest BCUT2D eigenvalue weighted by Gasteiger charge is 2.34. The van der Waals surface area contributed by atoms with Crippen molar-refractivity contribution in [2.24, 2.45) is 0 Å². The second kappa shape index (κ2) is 9.09. The van der Waals surface area contributed by atoms with E-state index in [0.29, 0.717) is 28.2 Å². The summed E-state index contributed by atoms with van der Waals surface area (Å²) in [5.41, 5.74) is 0.186. The Morgan fingerprint density at radius 1 is 1.06 bits per heavy atom. The summed E-state index contributed by atoms with van der Waals surface area (Å²) >= 11 is 6.11. The molecule has 1 unspecified atom stereocenters. The molecule has 0 bridgehead atoms. The fourth-order valence-electron chi connectivity index (χ4n) is 4.81. The van der Waals surface area contributed by atoms with Gasteiger partial charge in [-0.3, -0.25) is 9.48 Å². The number of pyridine rings is 1. The Hall–Kier alpha value is -2.81. The number of nitrogens with one attached hydrogen (secondary N) is 2. The van der Waals surface area contributed by atoms with Crippen molar-refractivity contribution in [1.29, 1.82) is 0 Å². The maximum atomic E-state index is 13.4. The number of halogens is 4. The van der Waals surface area contributed by atoms with Crippen molar-refractivity contribution in [1.82, 2.24) is 20.1 Å². The number of hydrogen-bond acceptors (Lipinski definition) is 4. The molecule has 2 aromatic heterocycles. The SMILES string of the molecule is O=C(NC1CCC[C@H](Nc2cc(C(F)(F)F)nc3ccc(Cl)cc23)C1)c1ccnn1C1CCC1. The van der Waals surface area contributed by atoms with Gasteiger partial charge in [0.2, 0.25) is 0 Å². The summed E-state index contributed by atoms with van der Waals surface area (Å²) in [6, 6.07) is 7.52. The summed E-state index contributed by atoms with van der Waals surface area (Å²) in [7, 11) is 0. The number of anilines is 1. The zero-order valence-corrected chi connectivity index (χ0v) is 19.2. The van der Waals surface area contributed by atoms with Gasteiger partial charge in [0.05, 0.1) is 11.6 Å². The van der Waals surface area contributed by atoms with E-state index in [1.54, 1.807) is 18.3 Å². The molecule has 1 aromatic carbocycles. The van der Waals surface area contributed by atoms with E-state index in [4.69, 9.17) is 11.6 Å². The standard InChI is InChI=1S/C24H25ClF3N5O/c25-14-7-8-19-18(11-14)20(13-22(32-19)24(26,27)28)30-15-3-1-4-16(12-15)31-23(34)21-9-10-29-33(21)17-5-2-6-17/h7-11,13,15-17H,1-6,12H2,(H,30,32)(H,31,34)/t15-,16?/m0/s1. The van der Waals surface area contributed by atoms with Gasteiger partial charge in [-0.15, -0.1) is 0 Å². The molecule has 2 heterocycles. The normalized spacial score (nSPS) is 21.3. The Morgan fingerprint density at radius 2 is 1.82 bits per heavy atom. The minimum absolute atomic E-state index is 0.0812. The quantitative estimate of drug-likeness (QED) is 0.460. The van der Waals surface area contributed by atoms with E-state index in [9.17, 15) is 18.0 Å². The van der Waals surface area contributed by atoms with Gasteiger partial charge in [-0.25, -0.2) is 4.98 Å². The van der Waals surface area contributed by atoms with Crippen LogP contribution in [-0.2, 0) is 6.18 Å². The number of amides is 1. The molecule has 34 heavy (non-hydrogen) atoms. The molecular formula is C24H25ClF3N5O. The summed E-state index contributed by atoms with van der Waals surface area (Å²) in [5, 5.41) is 11.7. The lowest BCUT2D eigenvalue weighted by molar-refractivity contribution is -0.140. The van der Waals surface area contributed by atoms with E-state index in [1.165, 1.54) is 12.1 Å². The summed E-state index contributed by atoms with van der Waals surface area (Å²) in [6.45, 7) is 0. The third kappa shape index (κ3) is 4.71. The second-order valence-corrected chi connectivity index (χ2v) is 9.57. The number of carbonyl (C=O) groups excluding carboxylic acids is 1. The van der Waals surface area contributed by atoms with Gasteiger partial charge in [-0.2, -0.15) is 18.3 Å². The molecule has 5 rings (SSSR count). The number of rotatable bonds is 5. The summed E-state index contributed by atoms with van der Waals surface area (Å²) in [5.74, 6) is -0.157. The third-order valence-electron chi connectivity index (χ3n) is 6.75. The lowest BCUT2D eigenvalue weighted by Crippen LogP contribution is -2.42. The third-order valence-corrected chi connectivity index (χ3v) is 6.99. The number of hydrogen-bond donors (Lipinski definition) is 2. The molecule has 1 amide bonds. The van der Waals surface area contributed by atoms with Crippen LogP contribution in [0.25, 0.3) is 10.9 Å². The van der Waals surface area contributed by atoms with Crippen LogP contribution in [0.15, 0.2) is 36.5 Å². The molecule has 2 aliphatic carbocycles. The Kier molecular flexibility index (Phi) is 6.14. The molecule has 2 fully saturated rings. The summed E-state index contributed by atoms with van der Waals surface area (Å²) in [4.78, 5) is 16.7. The van der Waals surface area contributed by atoms with Crippen LogP contribution in [0.3, 0.4) is 0 Å². The fourth-order valence-corrected chi connectivity index (χ4v) is 4.98. The molecule has 0 saturated heterocycles. The monoisotopic (exact) mass is 491 g/mol. The van der Waals surface area contributed by atoms with Crippen LogP contribution < -0.4 is 10.6 Å². The first-order valence-corrected chi connectivity index (χ1v) is 11.9. The van der Waals surface area contributed by atoms with Gasteiger partial charge >= 0.3 is 6.18 Å². The van der Waals surface area contributed by atoms with Crippen LogP contribution in [0.2, 0.25) is 5.02 Å². The van der Waals surface area contributed by atoms with Gasteiger partial charge in [-0.05, 0) is 75.3 Å². The van der Waals surface area contributed by atoms with Crippen molar-refractivity contribution < 1.29 is 18.0 Å². The smallest absolute Gasteiger partial charge is 0.382 e. The number of carbonyl (C=O) groups is 1. The van der Waals surface area contributed by atoms with Crippen molar-refractivity contribution in [3.05, 3.63) is 52.9 Å². The highest BCUT2D eigenvalue weighted by Crippen LogP contribution is 2.35. The predicted molar refractivity (Wildman–Crippen MR) is 124 cm³/mol. The largest absolute Gasteiger partial charge is 0.433 e. The first kappa shape index (κ1) is 23.0.